The summed E-state index contributed by atoms with van der Waals surface area (Å²) in [5.41, 5.74) is 2.46. The van der Waals surface area contributed by atoms with Gasteiger partial charge in [0.05, 0.1) is 17.2 Å². The van der Waals surface area contributed by atoms with Crippen LogP contribution in [0.25, 0.3) is 11.0 Å². The van der Waals surface area contributed by atoms with Crippen molar-refractivity contribution in [2.45, 2.75) is 6.29 Å². The van der Waals surface area contributed by atoms with Crippen molar-refractivity contribution in [3.63, 3.8) is 0 Å². The number of hydrogen-bond donors (Lipinski definition) is 0. The highest BCUT2D eigenvalue weighted by Gasteiger charge is 2.30. The molecule has 3 rings (SSSR count). The topological polar surface area (TPSA) is 50.8 Å². The summed E-state index contributed by atoms with van der Waals surface area (Å²) in [6.45, 7) is 0. The Kier molecular flexibility index (Phi) is 1.32. The van der Waals surface area contributed by atoms with Crippen LogP contribution < -0.4 is 0 Å². The molecule has 1 aromatic carbocycles. The van der Waals surface area contributed by atoms with Crippen molar-refractivity contribution < 1.29 is 9.78 Å². The number of aromatic nitrogens is 2. The average molecular weight is 174 g/mol. The second kappa shape index (κ2) is 2.48. The third-order valence-electron chi connectivity index (χ3n) is 1.90. The van der Waals surface area contributed by atoms with Crippen LogP contribution in [0.1, 0.15) is 12.0 Å². The van der Waals surface area contributed by atoms with Gasteiger partial charge in [-0.3, -0.25) is 4.98 Å². The molecule has 1 fully saturated rings. The SMILES string of the molecule is c1ccc2nc(C3OO3)cnc2c1. The molecule has 0 atom stereocenters. The van der Waals surface area contributed by atoms with E-state index in [1.54, 1.807) is 6.20 Å². The summed E-state index contributed by atoms with van der Waals surface area (Å²) < 4.78 is 0. The molecule has 0 spiro atoms. The molecule has 0 unspecified atom stereocenters. The normalized spacial score (nSPS) is 16.3. The van der Waals surface area contributed by atoms with Crippen molar-refractivity contribution in [1.29, 1.82) is 0 Å². The maximum Gasteiger partial charge on any atom is 0.267 e. The first-order valence-electron chi connectivity index (χ1n) is 3.97. The Morgan fingerprint density at radius 2 is 1.85 bits per heavy atom. The number of benzene rings is 1. The minimum atomic E-state index is -0.308. The van der Waals surface area contributed by atoms with Crippen molar-refractivity contribution in [3.05, 3.63) is 36.2 Å². The lowest BCUT2D eigenvalue weighted by Crippen LogP contribution is -1.90. The van der Waals surface area contributed by atoms with Gasteiger partial charge in [-0.25, -0.2) is 4.98 Å². The van der Waals surface area contributed by atoms with Crippen LogP contribution in [0.15, 0.2) is 30.5 Å². The van der Waals surface area contributed by atoms with Gasteiger partial charge in [0.15, 0.2) is 0 Å². The van der Waals surface area contributed by atoms with Crippen molar-refractivity contribution in [2.24, 2.45) is 0 Å². The zero-order valence-electron chi connectivity index (χ0n) is 6.68. The van der Waals surface area contributed by atoms with Gasteiger partial charge in [0.1, 0.15) is 5.69 Å². The van der Waals surface area contributed by atoms with Gasteiger partial charge in [-0.05, 0) is 12.1 Å². The standard InChI is InChI=1S/C9H6N2O2/c1-2-4-7-6(3-1)10-5-8(11-7)9-12-13-9/h1-5,9H. The molecule has 0 amide bonds. The van der Waals surface area contributed by atoms with Gasteiger partial charge in [0, 0.05) is 0 Å². The third-order valence-corrected chi connectivity index (χ3v) is 1.90. The van der Waals surface area contributed by atoms with Gasteiger partial charge in [-0.2, -0.15) is 9.78 Å². The van der Waals surface area contributed by atoms with E-state index in [-0.39, 0.29) is 6.29 Å². The van der Waals surface area contributed by atoms with Crippen LogP contribution in [0.3, 0.4) is 0 Å². The fourth-order valence-corrected chi connectivity index (χ4v) is 1.21. The minimum Gasteiger partial charge on any atom is -0.253 e. The molecular formula is C9H6N2O2. The van der Waals surface area contributed by atoms with Gasteiger partial charge in [0.25, 0.3) is 6.29 Å². The van der Waals surface area contributed by atoms with E-state index in [9.17, 15) is 0 Å². The number of nitrogens with zero attached hydrogens (tertiary/aromatic N) is 2. The van der Waals surface area contributed by atoms with Crippen LogP contribution in [0, 0.1) is 0 Å². The molecule has 0 radical (unpaired) electrons. The summed E-state index contributed by atoms with van der Waals surface area (Å²) in [6, 6.07) is 7.69. The van der Waals surface area contributed by atoms with E-state index in [2.05, 4.69) is 19.7 Å². The zero-order chi connectivity index (χ0) is 8.67. The molecule has 0 aliphatic carbocycles. The van der Waals surface area contributed by atoms with Crippen LogP contribution in [-0.4, -0.2) is 9.97 Å². The van der Waals surface area contributed by atoms with Gasteiger partial charge >= 0.3 is 0 Å². The Morgan fingerprint density at radius 1 is 1.08 bits per heavy atom. The monoisotopic (exact) mass is 174 g/mol. The first-order valence-corrected chi connectivity index (χ1v) is 3.97. The maximum atomic E-state index is 4.64. The highest BCUT2D eigenvalue weighted by atomic mass is 17.4. The number of fused-ring (bicyclic) bond motifs is 1. The van der Waals surface area contributed by atoms with Crippen molar-refractivity contribution in [3.8, 4) is 0 Å². The average Bonchev–Trinajstić information content (AvgIpc) is 3.00. The third kappa shape index (κ3) is 1.16. The number of para-hydroxylation sites is 2. The quantitative estimate of drug-likeness (QED) is 0.486. The molecule has 4 nitrogen and oxygen atoms in total. The Bertz CT molecular complexity index is 454. The van der Waals surface area contributed by atoms with Crippen LogP contribution in [0.2, 0.25) is 0 Å². The van der Waals surface area contributed by atoms with E-state index in [0.717, 1.165) is 16.7 Å². The van der Waals surface area contributed by atoms with E-state index in [4.69, 9.17) is 0 Å². The van der Waals surface area contributed by atoms with Crippen molar-refractivity contribution in [2.75, 3.05) is 0 Å². The van der Waals surface area contributed by atoms with Crippen LogP contribution in [-0.2, 0) is 9.78 Å². The Hall–Kier alpha value is -1.52. The Balaban J connectivity index is 2.21. The Labute approximate surface area is 74.1 Å². The molecule has 1 aliphatic rings. The fourth-order valence-electron chi connectivity index (χ4n) is 1.21. The first kappa shape index (κ1) is 6.94. The Morgan fingerprint density at radius 3 is 2.62 bits per heavy atom. The lowest BCUT2D eigenvalue weighted by atomic mass is 10.3. The predicted octanol–water partition coefficient (Wildman–Crippen LogP) is 1.59. The molecule has 2 heterocycles. The molecule has 13 heavy (non-hydrogen) atoms. The van der Waals surface area contributed by atoms with Gasteiger partial charge in [-0.1, -0.05) is 12.1 Å². The number of rotatable bonds is 1. The van der Waals surface area contributed by atoms with Crippen LogP contribution in [0.5, 0.6) is 0 Å². The van der Waals surface area contributed by atoms with E-state index in [0.29, 0.717) is 0 Å². The summed E-state index contributed by atoms with van der Waals surface area (Å²) in [6.07, 6.45) is 1.36. The van der Waals surface area contributed by atoms with E-state index < -0.39 is 0 Å². The second-order valence-electron chi connectivity index (χ2n) is 2.81. The van der Waals surface area contributed by atoms with Crippen molar-refractivity contribution in [1.82, 2.24) is 9.97 Å². The summed E-state index contributed by atoms with van der Waals surface area (Å²) >= 11 is 0. The second-order valence-corrected chi connectivity index (χ2v) is 2.81. The summed E-state index contributed by atoms with van der Waals surface area (Å²) in [5, 5.41) is 0. The highest BCUT2D eigenvalue weighted by molar-refractivity contribution is 5.73. The molecule has 1 saturated heterocycles. The maximum absolute atomic E-state index is 4.64. The van der Waals surface area contributed by atoms with E-state index in [1.807, 2.05) is 24.3 Å². The summed E-state index contributed by atoms with van der Waals surface area (Å²) in [7, 11) is 0. The van der Waals surface area contributed by atoms with Crippen LogP contribution >= 0.6 is 0 Å². The molecule has 64 valence electrons. The minimum absolute atomic E-state index is 0.308. The smallest absolute Gasteiger partial charge is 0.253 e. The lowest BCUT2D eigenvalue weighted by Gasteiger charge is -1.96. The van der Waals surface area contributed by atoms with Crippen LogP contribution in [0.4, 0.5) is 0 Å². The fraction of sp³-hybridized carbons (Fsp3) is 0.111. The molecular weight excluding hydrogens is 168 g/mol. The molecule has 1 aromatic heterocycles. The summed E-state index contributed by atoms with van der Waals surface area (Å²) in [5.74, 6) is 0. The summed E-state index contributed by atoms with van der Waals surface area (Å²) in [4.78, 5) is 17.8. The molecule has 4 heteroatoms. The first-order chi connectivity index (χ1) is 6.43. The van der Waals surface area contributed by atoms with Crippen molar-refractivity contribution >= 4 is 11.0 Å². The zero-order valence-corrected chi connectivity index (χ0v) is 6.68. The molecule has 0 saturated carbocycles. The molecule has 0 bridgehead atoms. The van der Waals surface area contributed by atoms with E-state index >= 15 is 0 Å². The molecule has 0 N–H and O–H groups in total. The van der Waals surface area contributed by atoms with Gasteiger partial charge < -0.3 is 0 Å². The van der Waals surface area contributed by atoms with E-state index in [1.165, 1.54) is 0 Å². The lowest BCUT2D eigenvalue weighted by molar-refractivity contribution is 0.0850. The molecule has 1 aliphatic heterocycles. The largest absolute Gasteiger partial charge is 0.267 e. The molecule has 2 aromatic rings. The number of hydrogen-bond acceptors (Lipinski definition) is 4. The highest BCUT2D eigenvalue weighted by Crippen LogP contribution is 2.30. The predicted molar refractivity (Wildman–Crippen MR) is 44.4 cm³/mol. The van der Waals surface area contributed by atoms with Gasteiger partial charge in [0.2, 0.25) is 0 Å². The van der Waals surface area contributed by atoms with Gasteiger partial charge in [-0.15, -0.1) is 0 Å².